The molecule has 6 nitrogen and oxygen atoms in total. The van der Waals surface area contributed by atoms with Gasteiger partial charge in [-0.15, -0.1) is 11.3 Å². The number of aromatic carboxylic acids is 1. The molecule has 0 atom stereocenters. The van der Waals surface area contributed by atoms with Crippen LogP contribution < -0.4 is 5.32 Å². The van der Waals surface area contributed by atoms with E-state index >= 15 is 0 Å². The number of hydrogen-bond donors (Lipinski definition) is 2. The fraction of sp³-hybridized carbons (Fsp3) is 0. The Labute approximate surface area is 159 Å². The first-order valence-electron chi connectivity index (χ1n) is 7.84. The van der Waals surface area contributed by atoms with Crippen LogP contribution in [0.25, 0.3) is 17.3 Å². The molecule has 2 N–H and O–H groups in total. The summed E-state index contributed by atoms with van der Waals surface area (Å²) in [5.41, 5.74) is 2.25. The van der Waals surface area contributed by atoms with Crippen molar-refractivity contribution in [1.82, 2.24) is 4.98 Å². The van der Waals surface area contributed by atoms with Crippen molar-refractivity contribution >= 4 is 34.4 Å². The predicted octanol–water partition coefficient (Wildman–Crippen LogP) is 4.05. The van der Waals surface area contributed by atoms with Gasteiger partial charge in [0.2, 0.25) is 0 Å². The van der Waals surface area contributed by atoms with Crippen LogP contribution in [0.15, 0.2) is 65.6 Å². The zero-order valence-corrected chi connectivity index (χ0v) is 14.7. The van der Waals surface area contributed by atoms with Gasteiger partial charge < -0.3 is 5.11 Å². The maximum Gasteiger partial charge on any atom is 0.335 e. The molecular weight excluding hydrogens is 362 g/mol. The van der Waals surface area contributed by atoms with Gasteiger partial charge in [-0.05, 0) is 23.8 Å². The van der Waals surface area contributed by atoms with E-state index in [1.54, 1.807) is 0 Å². The number of benzene rings is 2. The van der Waals surface area contributed by atoms with E-state index in [2.05, 4.69) is 10.3 Å². The van der Waals surface area contributed by atoms with E-state index in [-0.39, 0.29) is 11.1 Å². The van der Waals surface area contributed by atoms with Crippen molar-refractivity contribution in [2.45, 2.75) is 0 Å². The second-order valence-electron chi connectivity index (χ2n) is 5.46. The van der Waals surface area contributed by atoms with Crippen molar-refractivity contribution in [1.29, 1.82) is 5.26 Å². The third-order valence-electron chi connectivity index (χ3n) is 3.63. The number of rotatable bonds is 5. The van der Waals surface area contributed by atoms with Gasteiger partial charge in [0.1, 0.15) is 11.6 Å². The van der Waals surface area contributed by atoms with Crippen molar-refractivity contribution in [3.8, 4) is 17.3 Å². The number of hydrogen-bond acceptors (Lipinski definition) is 5. The van der Waals surface area contributed by atoms with Gasteiger partial charge in [-0.2, -0.15) is 5.26 Å². The number of carbonyl (C=O) groups excluding carboxylic acids is 1. The van der Waals surface area contributed by atoms with E-state index in [1.807, 2.05) is 41.8 Å². The summed E-state index contributed by atoms with van der Waals surface area (Å²) in [7, 11) is 0. The predicted molar refractivity (Wildman–Crippen MR) is 103 cm³/mol. The zero-order chi connectivity index (χ0) is 19.2. The molecule has 3 aromatic rings. The van der Waals surface area contributed by atoms with Gasteiger partial charge in [-0.25, -0.2) is 9.78 Å². The Morgan fingerprint density at radius 1 is 1.11 bits per heavy atom. The zero-order valence-electron chi connectivity index (χ0n) is 13.9. The lowest BCUT2D eigenvalue weighted by atomic mass is 10.1. The Bertz CT molecular complexity index is 1050. The molecule has 0 fully saturated rings. The van der Waals surface area contributed by atoms with Crippen molar-refractivity contribution in [3.63, 3.8) is 0 Å². The van der Waals surface area contributed by atoms with E-state index in [4.69, 9.17) is 5.11 Å². The molecule has 2 aromatic carbocycles. The number of aromatic nitrogens is 1. The Hall–Kier alpha value is -3.76. The second kappa shape index (κ2) is 8.08. The van der Waals surface area contributed by atoms with Gasteiger partial charge in [0.15, 0.2) is 5.13 Å². The summed E-state index contributed by atoms with van der Waals surface area (Å²) < 4.78 is 0. The molecule has 0 aliphatic heterocycles. The molecule has 0 bridgehead atoms. The first-order valence-corrected chi connectivity index (χ1v) is 8.72. The molecule has 1 aromatic heterocycles. The molecule has 0 spiro atoms. The molecule has 27 heavy (non-hydrogen) atoms. The van der Waals surface area contributed by atoms with Crippen LogP contribution in [0.1, 0.15) is 15.9 Å². The molecule has 0 radical (unpaired) electrons. The highest BCUT2D eigenvalue weighted by Gasteiger charge is 2.13. The van der Waals surface area contributed by atoms with Gasteiger partial charge in [-0.1, -0.05) is 42.5 Å². The molecule has 0 aliphatic carbocycles. The third-order valence-corrected chi connectivity index (χ3v) is 4.39. The topological polar surface area (TPSA) is 103 Å². The first kappa shape index (κ1) is 18.0. The third kappa shape index (κ3) is 4.45. The maximum atomic E-state index is 12.3. The van der Waals surface area contributed by atoms with Crippen LogP contribution in [0.2, 0.25) is 0 Å². The lowest BCUT2D eigenvalue weighted by molar-refractivity contribution is -0.112. The number of carbonyl (C=O) groups is 2. The summed E-state index contributed by atoms with van der Waals surface area (Å²) in [6, 6.07) is 17.3. The average Bonchev–Trinajstić information content (AvgIpc) is 3.15. The minimum Gasteiger partial charge on any atom is -0.478 e. The number of thiazole rings is 1. The van der Waals surface area contributed by atoms with E-state index in [0.717, 1.165) is 11.3 Å². The van der Waals surface area contributed by atoms with Crippen LogP contribution in [0.5, 0.6) is 0 Å². The van der Waals surface area contributed by atoms with Crippen LogP contribution in [0, 0.1) is 11.3 Å². The van der Waals surface area contributed by atoms with Gasteiger partial charge >= 0.3 is 5.97 Å². The van der Waals surface area contributed by atoms with E-state index in [9.17, 15) is 14.9 Å². The molecule has 132 valence electrons. The van der Waals surface area contributed by atoms with E-state index < -0.39 is 11.9 Å². The Kier molecular flexibility index (Phi) is 5.40. The summed E-state index contributed by atoms with van der Waals surface area (Å²) in [6.45, 7) is 0. The van der Waals surface area contributed by atoms with Crippen LogP contribution in [-0.2, 0) is 4.79 Å². The molecule has 3 rings (SSSR count). The van der Waals surface area contributed by atoms with Crippen LogP contribution in [-0.4, -0.2) is 22.0 Å². The Balaban J connectivity index is 1.75. The standard InChI is InChI=1S/C20H13N3O3S/c21-11-16(10-13-6-8-15(9-7-13)19(25)26)18(24)23-20-22-17(12-27-20)14-4-2-1-3-5-14/h1-10,12H,(H,25,26)(H,22,23,24). The SMILES string of the molecule is N#CC(=Cc1ccc(C(=O)O)cc1)C(=O)Nc1nc(-c2ccccc2)cs1. The molecule has 0 aliphatic rings. The van der Waals surface area contributed by atoms with Crippen molar-refractivity contribution < 1.29 is 14.7 Å². The maximum absolute atomic E-state index is 12.3. The van der Waals surface area contributed by atoms with Gasteiger partial charge in [0.25, 0.3) is 5.91 Å². The van der Waals surface area contributed by atoms with Crippen molar-refractivity contribution in [3.05, 3.63) is 76.7 Å². The largest absolute Gasteiger partial charge is 0.478 e. The Morgan fingerprint density at radius 3 is 2.44 bits per heavy atom. The van der Waals surface area contributed by atoms with Gasteiger partial charge in [-0.3, -0.25) is 10.1 Å². The number of carboxylic acids is 1. The summed E-state index contributed by atoms with van der Waals surface area (Å²) >= 11 is 1.27. The lowest BCUT2D eigenvalue weighted by Crippen LogP contribution is -2.13. The number of anilines is 1. The molecule has 7 heteroatoms. The highest BCUT2D eigenvalue weighted by atomic mass is 32.1. The van der Waals surface area contributed by atoms with E-state index in [1.165, 1.54) is 41.7 Å². The number of carboxylic acid groups (broad SMARTS) is 1. The normalized spacial score (nSPS) is 10.9. The minimum absolute atomic E-state index is 0.102. The number of nitrogens with zero attached hydrogens (tertiary/aromatic N) is 2. The summed E-state index contributed by atoms with van der Waals surface area (Å²) in [4.78, 5) is 27.6. The molecule has 0 unspecified atom stereocenters. The fourth-order valence-corrected chi connectivity index (χ4v) is 2.99. The fourth-order valence-electron chi connectivity index (χ4n) is 2.27. The number of nitrogens with one attached hydrogen (secondary N) is 1. The minimum atomic E-state index is -1.04. The second-order valence-corrected chi connectivity index (χ2v) is 6.31. The highest BCUT2D eigenvalue weighted by molar-refractivity contribution is 7.14. The molecule has 0 saturated carbocycles. The quantitative estimate of drug-likeness (QED) is 0.517. The summed E-state index contributed by atoms with van der Waals surface area (Å²) in [5.74, 6) is -1.62. The molecule has 0 saturated heterocycles. The van der Waals surface area contributed by atoms with Crippen molar-refractivity contribution in [2.24, 2.45) is 0 Å². The molecule has 1 heterocycles. The first-order chi connectivity index (χ1) is 13.1. The molecule has 1 amide bonds. The van der Waals surface area contributed by atoms with Crippen LogP contribution in [0.3, 0.4) is 0 Å². The lowest BCUT2D eigenvalue weighted by Gasteiger charge is -2.01. The highest BCUT2D eigenvalue weighted by Crippen LogP contribution is 2.25. The number of amides is 1. The average molecular weight is 375 g/mol. The van der Waals surface area contributed by atoms with Crippen LogP contribution in [0.4, 0.5) is 5.13 Å². The Morgan fingerprint density at radius 2 is 1.81 bits per heavy atom. The monoisotopic (exact) mass is 375 g/mol. The van der Waals surface area contributed by atoms with E-state index in [0.29, 0.717) is 10.7 Å². The summed E-state index contributed by atoms with van der Waals surface area (Å²) in [5, 5.41) is 23.0. The number of nitriles is 1. The summed E-state index contributed by atoms with van der Waals surface area (Å²) in [6.07, 6.45) is 1.40. The molecular formula is C20H13N3O3S. The van der Waals surface area contributed by atoms with Crippen molar-refractivity contribution in [2.75, 3.05) is 5.32 Å². The van der Waals surface area contributed by atoms with Gasteiger partial charge in [0, 0.05) is 10.9 Å². The smallest absolute Gasteiger partial charge is 0.335 e. The van der Waals surface area contributed by atoms with Crippen LogP contribution >= 0.6 is 11.3 Å². The van der Waals surface area contributed by atoms with Gasteiger partial charge in [0.05, 0.1) is 11.3 Å².